The van der Waals surface area contributed by atoms with Crippen LogP contribution in [0.4, 0.5) is 5.69 Å². The predicted octanol–water partition coefficient (Wildman–Crippen LogP) is 2.30. The Labute approximate surface area is 120 Å². The second-order valence-electron chi connectivity index (χ2n) is 6.23. The van der Waals surface area contributed by atoms with E-state index in [1.54, 1.807) is 6.20 Å². The lowest BCUT2D eigenvalue weighted by molar-refractivity contribution is 0.0779. The molecule has 1 aromatic rings. The van der Waals surface area contributed by atoms with Gasteiger partial charge in [0, 0.05) is 19.0 Å². The van der Waals surface area contributed by atoms with Crippen molar-refractivity contribution in [3.8, 4) is 0 Å². The van der Waals surface area contributed by atoms with E-state index in [-0.39, 0.29) is 11.8 Å². The molecule has 1 aliphatic rings. The quantitative estimate of drug-likeness (QED) is 0.919. The Morgan fingerprint density at radius 2 is 2.10 bits per heavy atom. The molecule has 0 radical (unpaired) electrons. The van der Waals surface area contributed by atoms with Crippen molar-refractivity contribution in [2.45, 2.75) is 40.0 Å². The zero-order chi connectivity index (χ0) is 14.9. The van der Waals surface area contributed by atoms with Gasteiger partial charge in [0.05, 0.1) is 11.9 Å². The molecule has 0 aliphatic carbocycles. The third kappa shape index (κ3) is 2.92. The van der Waals surface area contributed by atoms with Crippen LogP contribution in [0, 0.1) is 11.8 Å². The number of anilines is 1. The molecule has 1 aromatic heterocycles. The summed E-state index contributed by atoms with van der Waals surface area (Å²) in [5, 5.41) is 0. The SMILES string of the molecule is CC(C)c1ncc(N)c(C(=O)N2CCC(C(C)C)C2)n1. The summed E-state index contributed by atoms with van der Waals surface area (Å²) in [5.74, 6) is 1.97. The second kappa shape index (κ2) is 5.77. The first-order valence-electron chi connectivity index (χ1n) is 7.31. The molecule has 1 unspecified atom stereocenters. The number of nitrogen functional groups attached to an aromatic ring is 1. The van der Waals surface area contributed by atoms with Crippen LogP contribution < -0.4 is 5.73 Å². The first-order chi connectivity index (χ1) is 9.40. The molecule has 5 heteroatoms. The van der Waals surface area contributed by atoms with Crippen LogP contribution in [-0.4, -0.2) is 33.9 Å². The molecule has 1 fully saturated rings. The lowest BCUT2D eigenvalue weighted by atomic mass is 9.95. The zero-order valence-corrected chi connectivity index (χ0v) is 12.8. The molecule has 1 saturated heterocycles. The summed E-state index contributed by atoms with van der Waals surface area (Å²) < 4.78 is 0. The number of amides is 1. The van der Waals surface area contributed by atoms with E-state index in [9.17, 15) is 4.79 Å². The van der Waals surface area contributed by atoms with E-state index >= 15 is 0 Å². The Hall–Kier alpha value is -1.65. The van der Waals surface area contributed by atoms with Gasteiger partial charge in [-0.3, -0.25) is 4.79 Å². The molecule has 1 amide bonds. The smallest absolute Gasteiger partial charge is 0.274 e. The van der Waals surface area contributed by atoms with Crippen molar-refractivity contribution in [3.05, 3.63) is 17.7 Å². The van der Waals surface area contributed by atoms with Gasteiger partial charge in [-0.25, -0.2) is 9.97 Å². The molecule has 2 heterocycles. The van der Waals surface area contributed by atoms with Gasteiger partial charge in [-0.05, 0) is 18.3 Å². The maximum absolute atomic E-state index is 12.6. The van der Waals surface area contributed by atoms with E-state index < -0.39 is 0 Å². The van der Waals surface area contributed by atoms with E-state index in [1.165, 1.54) is 0 Å². The fourth-order valence-corrected chi connectivity index (χ4v) is 2.52. The van der Waals surface area contributed by atoms with Gasteiger partial charge in [0.25, 0.3) is 5.91 Å². The van der Waals surface area contributed by atoms with Crippen LogP contribution >= 0.6 is 0 Å². The third-order valence-corrected chi connectivity index (χ3v) is 4.01. The van der Waals surface area contributed by atoms with Gasteiger partial charge in [0.2, 0.25) is 0 Å². The number of nitrogens with two attached hydrogens (primary N) is 1. The van der Waals surface area contributed by atoms with Crippen LogP contribution in [0.25, 0.3) is 0 Å². The lowest BCUT2D eigenvalue weighted by Gasteiger charge is -2.19. The number of aromatic nitrogens is 2. The summed E-state index contributed by atoms with van der Waals surface area (Å²) in [6, 6.07) is 0. The largest absolute Gasteiger partial charge is 0.396 e. The molecular formula is C15H24N4O. The predicted molar refractivity (Wildman–Crippen MR) is 79.4 cm³/mol. The van der Waals surface area contributed by atoms with Crippen LogP contribution in [-0.2, 0) is 0 Å². The number of carbonyl (C=O) groups is 1. The number of nitrogens with zero attached hydrogens (tertiary/aromatic N) is 3. The molecule has 5 nitrogen and oxygen atoms in total. The Bertz CT molecular complexity index is 499. The van der Waals surface area contributed by atoms with Crippen molar-refractivity contribution >= 4 is 11.6 Å². The van der Waals surface area contributed by atoms with Crippen LogP contribution in [0.15, 0.2) is 6.20 Å². The minimum Gasteiger partial charge on any atom is -0.396 e. The van der Waals surface area contributed by atoms with Crippen LogP contribution in [0.3, 0.4) is 0 Å². The Kier molecular flexibility index (Phi) is 4.26. The first-order valence-corrected chi connectivity index (χ1v) is 7.31. The summed E-state index contributed by atoms with van der Waals surface area (Å²) in [6.45, 7) is 10.0. The third-order valence-electron chi connectivity index (χ3n) is 4.01. The van der Waals surface area contributed by atoms with Gasteiger partial charge in [0.15, 0.2) is 5.69 Å². The van der Waals surface area contributed by atoms with Crippen molar-refractivity contribution in [1.29, 1.82) is 0 Å². The van der Waals surface area contributed by atoms with E-state index in [0.29, 0.717) is 29.0 Å². The molecule has 110 valence electrons. The number of rotatable bonds is 3. The molecule has 0 bridgehead atoms. The highest BCUT2D eigenvalue weighted by Crippen LogP contribution is 2.25. The minimum atomic E-state index is -0.0602. The number of carbonyl (C=O) groups excluding carboxylic acids is 1. The van der Waals surface area contributed by atoms with Crippen LogP contribution in [0.2, 0.25) is 0 Å². The van der Waals surface area contributed by atoms with Crippen molar-refractivity contribution in [2.75, 3.05) is 18.8 Å². The standard InChI is InChI=1S/C15H24N4O/c1-9(2)11-5-6-19(8-11)15(20)13-12(16)7-17-14(18-13)10(3)4/h7,9-11H,5-6,8,16H2,1-4H3. The van der Waals surface area contributed by atoms with Gasteiger partial charge in [0.1, 0.15) is 5.82 Å². The fourth-order valence-electron chi connectivity index (χ4n) is 2.52. The molecule has 1 aliphatic heterocycles. The summed E-state index contributed by atoms with van der Waals surface area (Å²) in [5.41, 5.74) is 6.60. The average Bonchev–Trinajstić information content (AvgIpc) is 2.88. The Morgan fingerprint density at radius 1 is 1.40 bits per heavy atom. The minimum absolute atomic E-state index is 0.0602. The van der Waals surface area contributed by atoms with Gasteiger partial charge >= 0.3 is 0 Å². The summed E-state index contributed by atoms with van der Waals surface area (Å²) in [7, 11) is 0. The number of hydrogen-bond acceptors (Lipinski definition) is 4. The first kappa shape index (κ1) is 14.8. The normalized spacial score (nSPS) is 19.1. The molecule has 2 N–H and O–H groups in total. The molecule has 1 atom stereocenters. The summed E-state index contributed by atoms with van der Waals surface area (Å²) in [6.07, 6.45) is 2.61. The van der Waals surface area contributed by atoms with E-state index in [2.05, 4.69) is 23.8 Å². The Morgan fingerprint density at radius 3 is 2.65 bits per heavy atom. The highest BCUT2D eigenvalue weighted by atomic mass is 16.2. The average molecular weight is 276 g/mol. The van der Waals surface area contributed by atoms with Gasteiger partial charge in [-0.15, -0.1) is 0 Å². The number of likely N-dealkylation sites (tertiary alicyclic amines) is 1. The maximum Gasteiger partial charge on any atom is 0.274 e. The zero-order valence-electron chi connectivity index (χ0n) is 12.8. The van der Waals surface area contributed by atoms with Crippen LogP contribution in [0.1, 0.15) is 56.3 Å². The molecule has 0 aromatic carbocycles. The highest BCUT2D eigenvalue weighted by molar-refractivity contribution is 5.97. The van der Waals surface area contributed by atoms with Crippen molar-refractivity contribution in [3.63, 3.8) is 0 Å². The van der Waals surface area contributed by atoms with Gasteiger partial charge in [-0.1, -0.05) is 27.7 Å². The van der Waals surface area contributed by atoms with Crippen molar-refractivity contribution in [2.24, 2.45) is 11.8 Å². The molecule has 0 saturated carbocycles. The van der Waals surface area contributed by atoms with Crippen LogP contribution in [0.5, 0.6) is 0 Å². The number of hydrogen-bond donors (Lipinski definition) is 1. The van der Waals surface area contributed by atoms with Crippen molar-refractivity contribution < 1.29 is 4.79 Å². The Balaban J connectivity index is 2.19. The highest BCUT2D eigenvalue weighted by Gasteiger charge is 2.30. The van der Waals surface area contributed by atoms with E-state index in [1.807, 2.05) is 18.7 Å². The van der Waals surface area contributed by atoms with E-state index in [4.69, 9.17) is 5.73 Å². The summed E-state index contributed by atoms with van der Waals surface area (Å²) in [4.78, 5) is 23.0. The molecular weight excluding hydrogens is 252 g/mol. The monoisotopic (exact) mass is 276 g/mol. The summed E-state index contributed by atoms with van der Waals surface area (Å²) >= 11 is 0. The topological polar surface area (TPSA) is 72.1 Å². The van der Waals surface area contributed by atoms with E-state index in [0.717, 1.165) is 19.5 Å². The second-order valence-corrected chi connectivity index (χ2v) is 6.23. The van der Waals surface area contributed by atoms with Gasteiger partial charge < -0.3 is 10.6 Å². The van der Waals surface area contributed by atoms with Gasteiger partial charge in [-0.2, -0.15) is 0 Å². The lowest BCUT2D eigenvalue weighted by Crippen LogP contribution is -2.31. The fraction of sp³-hybridized carbons (Fsp3) is 0.667. The molecule has 0 spiro atoms. The molecule has 20 heavy (non-hydrogen) atoms. The molecule has 2 rings (SSSR count). The maximum atomic E-state index is 12.6. The van der Waals surface area contributed by atoms with Crippen molar-refractivity contribution in [1.82, 2.24) is 14.9 Å².